The van der Waals surface area contributed by atoms with Crippen LogP contribution in [-0.4, -0.2) is 0 Å². The van der Waals surface area contributed by atoms with Crippen LogP contribution >= 0.6 is 0 Å². The predicted octanol–water partition coefficient (Wildman–Crippen LogP) is 3.15. The topological polar surface area (TPSA) is 26.0 Å². The van der Waals surface area contributed by atoms with E-state index in [1.807, 2.05) is 0 Å². The molecule has 0 spiro atoms. The first-order chi connectivity index (χ1) is 6.52. The highest BCUT2D eigenvalue weighted by atomic mass is 14.6. The molecule has 0 amide bonds. The molecule has 0 bridgehead atoms. The number of hydrogen-bond donors (Lipinski definition) is 1. The molecule has 0 aromatic heterocycles. The highest BCUT2D eigenvalue weighted by molar-refractivity contribution is 5.49. The van der Waals surface area contributed by atoms with Crippen LogP contribution in [0.15, 0.2) is 35.1 Å². The average Bonchev–Trinajstić information content (AvgIpc) is 2.24. The monoisotopic (exact) mass is 189 g/mol. The summed E-state index contributed by atoms with van der Waals surface area (Å²) in [6.45, 7) is 6.92. The van der Waals surface area contributed by atoms with Crippen LogP contribution in [0.4, 0.5) is 0 Å². The van der Waals surface area contributed by atoms with Crippen LogP contribution in [0.1, 0.15) is 33.6 Å². The summed E-state index contributed by atoms with van der Waals surface area (Å²) in [5.41, 5.74) is 10.2. The van der Waals surface area contributed by atoms with Crippen LogP contribution < -0.4 is 5.73 Å². The van der Waals surface area contributed by atoms with E-state index < -0.39 is 0 Å². The van der Waals surface area contributed by atoms with Crippen LogP contribution in [0.3, 0.4) is 0 Å². The summed E-state index contributed by atoms with van der Waals surface area (Å²) >= 11 is 0. The number of allylic oxidation sites excluding steroid dienone is 5. The van der Waals surface area contributed by atoms with Crippen LogP contribution in [-0.2, 0) is 0 Å². The van der Waals surface area contributed by atoms with Crippen molar-refractivity contribution >= 4 is 0 Å². The molecule has 1 fully saturated rings. The molecule has 2 aliphatic rings. The van der Waals surface area contributed by atoms with Crippen molar-refractivity contribution in [1.29, 1.82) is 0 Å². The molecule has 0 aliphatic heterocycles. The molecular formula is C13H19N. The Kier molecular flexibility index (Phi) is 2.06. The Morgan fingerprint density at radius 1 is 1.43 bits per heavy atom. The smallest absolute Gasteiger partial charge is 0.0349 e. The number of fused-ring (bicyclic) bond motifs is 1. The summed E-state index contributed by atoms with van der Waals surface area (Å²) < 4.78 is 0. The third-order valence-electron chi connectivity index (χ3n) is 3.40. The lowest BCUT2D eigenvalue weighted by Crippen LogP contribution is -2.08. The molecule has 1 nitrogen and oxygen atoms in total. The van der Waals surface area contributed by atoms with Crippen LogP contribution in [0.25, 0.3) is 0 Å². The Balaban J connectivity index is 2.55. The Bertz CT molecular complexity index is 342. The fraction of sp³-hybridized carbons (Fsp3) is 0.538. The normalized spacial score (nSPS) is 29.9. The third kappa shape index (κ3) is 1.31. The van der Waals surface area contributed by atoms with Crippen molar-refractivity contribution in [1.82, 2.24) is 0 Å². The van der Waals surface area contributed by atoms with E-state index in [1.165, 1.54) is 17.6 Å². The van der Waals surface area contributed by atoms with Gasteiger partial charge in [0.1, 0.15) is 0 Å². The van der Waals surface area contributed by atoms with E-state index in [0.717, 1.165) is 12.1 Å². The quantitative estimate of drug-likeness (QED) is 0.622. The minimum Gasteiger partial charge on any atom is -0.398 e. The molecule has 2 aliphatic carbocycles. The second-order valence-electron chi connectivity index (χ2n) is 5.11. The predicted molar refractivity (Wildman–Crippen MR) is 60.6 cm³/mol. The number of rotatable bonds is 0. The minimum atomic E-state index is 0.311. The second kappa shape index (κ2) is 3.01. The summed E-state index contributed by atoms with van der Waals surface area (Å²) in [5, 5.41) is 0. The lowest BCUT2D eigenvalue weighted by atomic mass is 9.85. The van der Waals surface area contributed by atoms with E-state index in [0.29, 0.717) is 11.3 Å². The van der Waals surface area contributed by atoms with Crippen LogP contribution in [0.2, 0.25) is 0 Å². The van der Waals surface area contributed by atoms with Gasteiger partial charge in [0.15, 0.2) is 0 Å². The van der Waals surface area contributed by atoms with Crippen molar-refractivity contribution in [3.05, 3.63) is 35.1 Å². The maximum atomic E-state index is 6.08. The molecule has 0 heterocycles. The Morgan fingerprint density at radius 2 is 2.14 bits per heavy atom. The number of hydrogen-bond acceptors (Lipinski definition) is 1. The largest absolute Gasteiger partial charge is 0.398 e. The van der Waals surface area contributed by atoms with Crippen molar-refractivity contribution in [3.63, 3.8) is 0 Å². The zero-order valence-corrected chi connectivity index (χ0v) is 9.30. The van der Waals surface area contributed by atoms with Gasteiger partial charge in [0, 0.05) is 5.70 Å². The highest BCUT2D eigenvalue weighted by Crippen LogP contribution is 2.50. The molecule has 0 saturated heterocycles. The van der Waals surface area contributed by atoms with Gasteiger partial charge in [-0.1, -0.05) is 32.9 Å². The highest BCUT2D eigenvalue weighted by Gasteiger charge is 2.38. The third-order valence-corrected chi connectivity index (χ3v) is 3.40. The Labute approximate surface area is 86.4 Å². The summed E-state index contributed by atoms with van der Waals surface area (Å²) in [6, 6.07) is 0. The molecule has 0 unspecified atom stereocenters. The van der Waals surface area contributed by atoms with E-state index in [9.17, 15) is 0 Å². The van der Waals surface area contributed by atoms with Crippen molar-refractivity contribution in [3.8, 4) is 0 Å². The van der Waals surface area contributed by atoms with Gasteiger partial charge in [-0.05, 0) is 41.4 Å². The lowest BCUT2D eigenvalue weighted by molar-refractivity contribution is 0.422. The molecule has 14 heavy (non-hydrogen) atoms. The first-order valence-corrected chi connectivity index (χ1v) is 5.39. The lowest BCUT2D eigenvalue weighted by Gasteiger charge is -2.19. The van der Waals surface area contributed by atoms with E-state index in [1.54, 1.807) is 0 Å². The van der Waals surface area contributed by atoms with Crippen molar-refractivity contribution < 1.29 is 0 Å². The maximum Gasteiger partial charge on any atom is 0.0349 e. The van der Waals surface area contributed by atoms with Crippen molar-refractivity contribution in [2.75, 3.05) is 0 Å². The summed E-state index contributed by atoms with van der Waals surface area (Å²) in [5.74, 6) is 0.610. The fourth-order valence-corrected chi connectivity index (χ4v) is 2.90. The standard InChI is InChI=1S/C13H19N/c1-9-8-13(2,3)10-6-4-5-7-11(14)12(9)10/h5-7,9H,4,8,14H2,1-3H3/t9-/m1/s1. The van der Waals surface area contributed by atoms with Gasteiger partial charge in [-0.25, -0.2) is 0 Å². The minimum absolute atomic E-state index is 0.311. The zero-order valence-electron chi connectivity index (χ0n) is 9.30. The fourth-order valence-electron chi connectivity index (χ4n) is 2.90. The maximum absolute atomic E-state index is 6.08. The molecule has 1 atom stereocenters. The van der Waals surface area contributed by atoms with Crippen molar-refractivity contribution in [2.24, 2.45) is 17.1 Å². The zero-order chi connectivity index (χ0) is 10.3. The van der Waals surface area contributed by atoms with Gasteiger partial charge in [-0.15, -0.1) is 0 Å². The molecule has 0 aromatic carbocycles. The van der Waals surface area contributed by atoms with Gasteiger partial charge >= 0.3 is 0 Å². The molecule has 1 saturated carbocycles. The van der Waals surface area contributed by atoms with E-state index in [4.69, 9.17) is 5.73 Å². The number of nitrogens with two attached hydrogens (primary N) is 1. The summed E-state index contributed by atoms with van der Waals surface area (Å²) in [6.07, 6.45) is 8.81. The Morgan fingerprint density at radius 3 is 2.86 bits per heavy atom. The van der Waals surface area contributed by atoms with Gasteiger partial charge in [0.2, 0.25) is 0 Å². The van der Waals surface area contributed by atoms with Gasteiger partial charge in [0.25, 0.3) is 0 Å². The molecule has 2 rings (SSSR count). The van der Waals surface area contributed by atoms with Crippen molar-refractivity contribution in [2.45, 2.75) is 33.6 Å². The summed E-state index contributed by atoms with van der Waals surface area (Å²) in [7, 11) is 0. The molecular weight excluding hydrogens is 170 g/mol. The van der Waals surface area contributed by atoms with E-state index >= 15 is 0 Å². The second-order valence-corrected chi connectivity index (χ2v) is 5.11. The SMILES string of the molecule is C[C@@H]1CC(C)(C)C2=CCC=CC(N)=C21. The molecule has 2 N–H and O–H groups in total. The van der Waals surface area contributed by atoms with Crippen LogP contribution in [0, 0.1) is 11.3 Å². The average molecular weight is 189 g/mol. The van der Waals surface area contributed by atoms with Crippen LogP contribution in [0.5, 0.6) is 0 Å². The first kappa shape index (κ1) is 9.57. The Hall–Kier alpha value is -0.980. The molecule has 0 aromatic rings. The van der Waals surface area contributed by atoms with Gasteiger partial charge in [-0.2, -0.15) is 0 Å². The van der Waals surface area contributed by atoms with Gasteiger partial charge in [-0.3, -0.25) is 0 Å². The van der Waals surface area contributed by atoms with E-state index in [-0.39, 0.29) is 0 Å². The molecule has 1 heteroatoms. The van der Waals surface area contributed by atoms with Gasteiger partial charge < -0.3 is 5.73 Å². The summed E-state index contributed by atoms with van der Waals surface area (Å²) in [4.78, 5) is 0. The molecule has 76 valence electrons. The van der Waals surface area contributed by atoms with E-state index in [2.05, 4.69) is 39.0 Å². The molecule has 0 radical (unpaired) electrons. The van der Waals surface area contributed by atoms with Gasteiger partial charge in [0.05, 0.1) is 0 Å². The first-order valence-electron chi connectivity index (χ1n) is 5.39.